The minimum atomic E-state index is -0.362. The molecule has 1 aliphatic carbocycles. The molecule has 27 heavy (non-hydrogen) atoms. The zero-order valence-electron chi connectivity index (χ0n) is 15.6. The molecule has 2 aliphatic heterocycles. The van der Waals surface area contributed by atoms with Crippen LogP contribution < -0.4 is 5.32 Å². The predicted octanol–water partition coefficient (Wildman–Crippen LogP) is 4.28. The smallest absolute Gasteiger partial charge is 0.407 e. The summed E-state index contributed by atoms with van der Waals surface area (Å²) < 4.78 is 5.72. The van der Waals surface area contributed by atoms with E-state index in [9.17, 15) is 9.59 Å². The Balaban J connectivity index is 1.33. The fraction of sp³-hybridized carbons (Fsp3) is 0.619. The van der Waals surface area contributed by atoms with Gasteiger partial charge in [0.15, 0.2) is 0 Å². The lowest BCUT2D eigenvalue weighted by molar-refractivity contribution is -0.138. The average Bonchev–Trinajstić information content (AvgIpc) is 3.03. The number of rotatable bonds is 3. The Morgan fingerprint density at radius 2 is 2.04 bits per heavy atom. The van der Waals surface area contributed by atoms with E-state index in [-0.39, 0.29) is 17.7 Å². The Morgan fingerprint density at radius 3 is 2.85 bits per heavy atom. The highest BCUT2D eigenvalue weighted by molar-refractivity contribution is 6.30. The van der Waals surface area contributed by atoms with E-state index in [4.69, 9.17) is 16.3 Å². The molecule has 0 aromatic heterocycles. The molecule has 4 rings (SSSR count). The van der Waals surface area contributed by atoms with Crippen LogP contribution >= 0.6 is 11.6 Å². The number of hydrogen-bond acceptors (Lipinski definition) is 3. The summed E-state index contributed by atoms with van der Waals surface area (Å²) in [5.41, 5.74) is 1.02. The Hall–Kier alpha value is -1.75. The van der Waals surface area contributed by atoms with Gasteiger partial charge in [0.2, 0.25) is 5.91 Å². The van der Waals surface area contributed by atoms with Gasteiger partial charge >= 0.3 is 6.09 Å². The molecular formula is C21H27ClN2O3. The lowest BCUT2D eigenvalue weighted by Crippen LogP contribution is -2.54. The van der Waals surface area contributed by atoms with Crippen molar-refractivity contribution in [3.05, 3.63) is 34.9 Å². The van der Waals surface area contributed by atoms with E-state index < -0.39 is 0 Å². The van der Waals surface area contributed by atoms with Crippen molar-refractivity contribution in [1.29, 1.82) is 0 Å². The molecule has 5 nitrogen and oxygen atoms in total. The third-order valence-electron chi connectivity index (χ3n) is 6.60. The molecule has 1 aromatic rings. The second-order valence-electron chi connectivity index (χ2n) is 8.12. The molecule has 2 saturated heterocycles. The zero-order valence-corrected chi connectivity index (χ0v) is 16.3. The van der Waals surface area contributed by atoms with Crippen LogP contribution in [0, 0.1) is 5.92 Å². The van der Waals surface area contributed by atoms with Crippen molar-refractivity contribution in [2.24, 2.45) is 5.92 Å². The van der Waals surface area contributed by atoms with Crippen molar-refractivity contribution in [3.8, 4) is 0 Å². The van der Waals surface area contributed by atoms with Crippen LogP contribution in [0.1, 0.15) is 56.9 Å². The van der Waals surface area contributed by atoms with Gasteiger partial charge < -0.3 is 15.0 Å². The summed E-state index contributed by atoms with van der Waals surface area (Å²) in [5.74, 6) is 0.782. The van der Waals surface area contributed by atoms with Crippen LogP contribution in [0.4, 0.5) is 4.79 Å². The summed E-state index contributed by atoms with van der Waals surface area (Å²) in [6.07, 6.45) is 7.16. The Morgan fingerprint density at radius 1 is 1.22 bits per heavy atom. The molecule has 3 atom stereocenters. The predicted molar refractivity (Wildman–Crippen MR) is 103 cm³/mol. The molecule has 3 fully saturated rings. The van der Waals surface area contributed by atoms with Crippen LogP contribution in [0.15, 0.2) is 24.3 Å². The molecule has 3 aliphatic rings. The maximum Gasteiger partial charge on any atom is 0.407 e. The number of nitrogens with zero attached hydrogens (tertiary/aromatic N) is 1. The van der Waals surface area contributed by atoms with E-state index in [1.165, 1.54) is 0 Å². The number of halogens is 1. The fourth-order valence-corrected chi connectivity index (χ4v) is 5.45. The van der Waals surface area contributed by atoms with E-state index in [0.717, 1.165) is 57.1 Å². The van der Waals surface area contributed by atoms with Gasteiger partial charge in [-0.2, -0.15) is 0 Å². The van der Waals surface area contributed by atoms with Crippen LogP contribution in [0.3, 0.4) is 0 Å². The fourth-order valence-electron chi connectivity index (χ4n) is 5.33. The van der Waals surface area contributed by atoms with Crippen molar-refractivity contribution >= 4 is 23.6 Å². The van der Waals surface area contributed by atoms with Gasteiger partial charge in [-0.25, -0.2) is 4.79 Å². The van der Waals surface area contributed by atoms with E-state index in [0.29, 0.717) is 29.8 Å². The van der Waals surface area contributed by atoms with Gasteiger partial charge in [0, 0.05) is 30.1 Å². The summed E-state index contributed by atoms with van der Waals surface area (Å²) in [5, 5.41) is 3.51. The van der Waals surface area contributed by atoms with Gasteiger partial charge in [-0.1, -0.05) is 23.7 Å². The second-order valence-corrected chi connectivity index (χ2v) is 8.56. The number of amides is 2. The Kier molecular flexibility index (Phi) is 5.31. The van der Waals surface area contributed by atoms with Gasteiger partial charge in [0.1, 0.15) is 6.10 Å². The normalized spacial score (nSPS) is 30.3. The highest BCUT2D eigenvalue weighted by Gasteiger charge is 2.52. The summed E-state index contributed by atoms with van der Waals surface area (Å²) in [6.45, 7) is 1.33. The Labute approximate surface area is 165 Å². The highest BCUT2D eigenvalue weighted by Crippen LogP contribution is 2.49. The van der Waals surface area contributed by atoms with Crippen LogP contribution in [0.2, 0.25) is 5.02 Å². The molecule has 1 N–H and O–H groups in total. The average molecular weight is 391 g/mol. The number of alkyl carbamates (subject to hydrolysis) is 1. The summed E-state index contributed by atoms with van der Waals surface area (Å²) in [6, 6.07) is 7.41. The van der Waals surface area contributed by atoms with Crippen LogP contribution in [-0.4, -0.2) is 35.1 Å². The maximum atomic E-state index is 12.5. The van der Waals surface area contributed by atoms with Crippen molar-refractivity contribution < 1.29 is 14.3 Å². The lowest BCUT2D eigenvalue weighted by atomic mass is 9.69. The van der Waals surface area contributed by atoms with E-state index in [1.54, 1.807) is 0 Å². The van der Waals surface area contributed by atoms with Gasteiger partial charge in [0.05, 0.1) is 0 Å². The third kappa shape index (κ3) is 3.79. The molecule has 1 spiro atoms. The molecular weight excluding hydrogens is 364 g/mol. The largest absolute Gasteiger partial charge is 0.446 e. The van der Waals surface area contributed by atoms with Crippen molar-refractivity contribution in [3.63, 3.8) is 0 Å². The van der Waals surface area contributed by atoms with Gasteiger partial charge in [-0.15, -0.1) is 0 Å². The summed E-state index contributed by atoms with van der Waals surface area (Å²) in [7, 11) is 0. The van der Waals surface area contributed by atoms with Crippen LogP contribution in [0.25, 0.3) is 0 Å². The number of carbonyl (C=O) groups excluding carboxylic acids is 2. The van der Waals surface area contributed by atoms with E-state index in [1.807, 2.05) is 24.3 Å². The third-order valence-corrected chi connectivity index (χ3v) is 6.86. The molecule has 146 valence electrons. The number of ether oxygens (including phenoxy) is 1. The van der Waals surface area contributed by atoms with Gasteiger partial charge in [-0.05, 0) is 68.6 Å². The zero-order chi connectivity index (χ0) is 18.9. The molecule has 0 unspecified atom stereocenters. The quantitative estimate of drug-likeness (QED) is 0.837. The lowest BCUT2D eigenvalue weighted by Gasteiger charge is -2.48. The standard InChI is InChI=1S/C21H27ClN2O3/c22-17-7-5-15(6-8-17)14-23-20(26)27-18-9-11-21-10-2-12-24(21)19(25)4-1-3-16(21)13-18/h5-8,16,18H,1-4,9-14H2,(H,23,26)/t16-,18-,21+/m0/s1. The second kappa shape index (κ2) is 7.70. The van der Waals surface area contributed by atoms with Gasteiger partial charge in [-0.3, -0.25) is 4.79 Å². The minimum Gasteiger partial charge on any atom is -0.446 e. The number of benzene rings is 1. The molecule has 0 radical (unpaired) electrons. The summed E-state index contributed by atoms with van der Waals surface area (Å²) >= 11 is 5.88. The van der Waals surface area contributed by atoms with Crippen LogP contribution in [0.5, 0.6) is 0 Å². The number of hydrogen-bond donors (Lipinski definition) is 1. The van der Waals surface area contributed by atoms with E-state index >= 15 is 0 Å². The first kappa shape index (κ1) is 18.6. The molecule has 0 bridgehead atoms. The SMILES string of the molecule is O=C(NCc1ccc(Cl)cc1)O[C@H]1CC[C@@]23CCCN2C(=O)CCC[C@H]3C1. The van der Waals surface area contributed by atoms with Crippen molar-refractivity contribution in [2.75, 3.05) is 6.54 Å². The maximum absolute atomic E-state index is 12.5. The summed E-state index contributed by atoms with van der Waals surface area (Å²) in [4.78, 5) is 26.9. The molecule has 6 heteroatoms. The minimum absolute atomic E-state index is 0.0349. The van der Waals surface area contributed by atoms with Crippen LogP contribution in [-0.2, 0) is 16.1 Å². The molecule has 1 saturated carbocycles. The topological polar surface area (TPSA) is 58.6 Å². The molecule has 2 amide bonds. The first-order valence-electron chi connectivity index (χ1n) is 10.1. The highest BCUT2D eigenvalue weighted by atomic mass is 35.5. The number of carbonyl (C=O) groups is 2. The molecule has 1 aromatic carbocycles. The molecule has 2 heterocycles. The number of nitrogens with one attached hydrogen (secondary N) is 1. The van der Waals surface area contributed by atoms with E-state index in [2.05, 4.69) is 10.2 Å². The monoisotopic (exact) mass is 390 g/mol. The first-order chi connectivity index (χ1) is 13.1. The Bertz CT molecular complexity index is 708. The van der Waals surface area contributed by atoms with Crippen molar-refractivity contribution in [1.82, 2.24) is 10.2 Å². The first-order valence-corrected chi connectivity index (χ1v) is 10.4. The van der Waals surface area contributed by atoms with Crippen molar-refractivity contribution in [2.45, 2.75) is 69.6 Å². The van der Waals surface area contributed by atoms with Gasteiger partial charge in [0.25, 0.3) is 0 Å².